The van der Waals surface area contributed by atoms with Crippen molar-refractivity contribution in [1.82, 2.24) is 9.80 Å². The number of halogens is 1. The summed E-state index contributed by atoms with van der Waals surface area (Å²) in [5, 5.41) is 4.53. The molecule has 0 aliphatic carbocycles. The Bertz CT molecular complexity index is 1590. The average molecular weight is 634 g/mol. The van der Waals surface area contributed by atoms with Gasteiger partial charge in [0.25, 0.3) is 0 Å². The molecule has 2 aliphatic rings. The molecule has 0 amide bonds. The standard InChI is InChI=1S/C41H48ClN3O/c1-31-13-15-33(16-14-31)28-43-40-11-5-3-9-38(40)30-45-25-21-34-17-18-36(27-35(34)22-26-45)41(46)12-6-7-32-19-23-44(24-20-32)29-37-8-2-4-10-39(37)42/h2-5,8-11,13-18,27,32,43H,6-7,12,19-26,28-30H2,1H3. The van der Waals surface area contributed by atoms with Gasteiger partial charge >= 0.3 is 0 Å². The topological polar surface area (TPSA) is 35.6 Å². The number of ketones is 1. The molecule has 0 aromatic heterocycles. The first kappa shape index (κ1) is 32.5. The Morgan fingerprint density at radius 2 is 1.46 bits per heavy atom. The van der Waals surface area contributed by atoms with Crippen molar-refractivity contribution in [1.29, 1.82) is 0 Å². The van der Waals surface area contributed by atoms with E-state index in [0.29, 0.717) is 12.2 Å². The SMILES string of the molecule is Cc1ccc(CNc2ccccc2CN2CCc3ccc(C(=O)CCCC4CCN(Cc5ccccc5Cl)CC4)cc3CC2)cc1. The number of carbonyl (C=O) groups excluding carboxylic acids is 1. The summed E-state index contributed by atoms with van der Waals surface area (Å²) < 4.78 is 0. The van der Waals surface area contributed by atoms with E-state index in [1.807, 2.05) is 12.1 Å². The number of rotatable bonds is 12. The first-order valence-electron chi connectivity index (χ1n) is 17.2. The lowest BCUT2D eigenvalue weighted by Crippen LogP contribution is -2.33. The summed E-state index contributed by atoms with van der Waals surface area (Å²) in [6.45, 7) is 9.07. The number of hydrogen-bond donors (Lipinski definition) is 1. The van der Waals surface area contributed by atoms with Gasteiger partial charge in [-0.15, -0.1) is 0 Å². The molecule has 5 heteroatoms. The molecule has 0 spiro atoms. The minimum absolute atomic E-state index is 0.300. The Morgan fingerprint density at radius 3 is 2.24 bits per heavy atom. The van der Waals surface area contributed by atoms with Crippen molar-refractivity contribution in [3.8, 4) is 0 Å². The van der Waals surface area contributed by atoms with Crippen molar-refractivity contribution in [3.05, 3.63) is 135 Å². The molecule has 2 heterocycles. The Kier molecular flexibility index (Phi) is 11.2. The first-order chi connectivity index (χ1) is 22.5. The molecule has 1 saturated heterocycles. The summed E-state index contributed by atoms with van der Waals surface area (Å²) in [6, 6.07) is 32.1. The van der Waals surface area contributed by atoms with Crippen molar-refractivity contribution >= 4 is 23.1 Å². The Hall–Kier alpha value is -3.44. The monoisotopic (exact) mass is 633 g/mol. The molecule has 1 fully saturated rings. The lowest BCUT2D eigenvalue weighted by atomic mass is 9.90. The number of hydrogen-bond acceptors (Lipinski definition) is 4. The molecule has 46 heavy (non-hydrogen) atoms. The zero-order chi connectivity index (χ0) is 31.7. The third kappa shape index (κ3) is 8.88. The zero-order valence-corrected chi connectivity index (χ0v) is 28.1. The quantitative estimate of drug-likeness (QED) is 0.158. The van der Waals surface area contributed by atoms with Gasteiger partial charge < -0.3 is 5.32 Å². The van der Waals surface area contributed by atoms with Gasteiger partial charge in [-0.1, -0.05) is 90.0 Å². The van der Waals surface area contributed by atoms with Gasteiger partial charge in [0, 0.05) is 55.4 Å². The number of fused-ring (bicyclic) bond motifs is 1. The molecule has 0 radical (unpaired) electrons. The first-order valence-corrected chi connectivity index (χ1v) is 17.6. The number of piperidine rings is 1. The maximum absolute atomic E-state index is 13.2. The molecule has 0 unspecified atom stereocenters. The van der Waals surface area contributed by atoms with Crippen LogP contribution in [0.4, 0.5) is 5.69 Å². The van der Waals surface area contributed by atoms with Crippen molar-refractivity contribution in [2.24, 2.45) is 5.92 Å². The predicted molar refractivity (Wildman–Crippen MR) is 192 cm³/mol. The molecule has 1 N–H and O–H groups in total. The largest absolute Gasteiger partial charge is 0.381 e. The Labute approximate surface area is 280 Å². The number of aryl methyl sites for hydroxylation is 1. The number of carbonyl (C=O) groups is 1. The van der Waals surface area contributed by atoms with Crippen molar-refractivity contribution in [2.75, 3.05) is 31.5 Å². The molecule has 6 rings (SSSR count). The minimum atomic E-state index is 0.300. The van der Waals surface area contributed by atoms with Crippen LogP contribution in [-0.4, -0.2) is 41.8 Å². The van der Waals surface area contributed by atoms with Crippen LogP contribution in [0.2, 0.25) is 5.02 Å². The van der Waals surface area contributed by atoms with Crippen molar-refractivity contribution in [2.45, 2.75) is 71.5 Å². The fourth-order valence-electron chi connectivity index (χ4n) is 7.07. The number of nitrogens with one attached hydrogen (secondary N) is 1. The van der Waals surface area contributed by atoms with E-state index in [1.54, 1.807) is 0 Å². The smallest absolute Gasteiger partial charge is 0.162 e. The maximum Gasteiger partial charge on any atom is 0.162 e. The summed E-state index contributed by atoms with van der Waals surface area (Å²) in [5.74, 6) is 1.02. The third-order valence-corrected chi connectivity index (χ3v) is 10.4. The molecule has 4 aromatic rings. The lowest BCUT2D eigenvalue weighted by Gasteiger charge is -2.32. The number of anilines is 1. The second kappa shape index (κ2) is 15.9. The fourth-order valence-corrected chi connectivity index (χ4v) is 7.27. The van der Waals surface area contributed by atoms with Gasteiger partial charge in [0.2, 0.25) is 0 Å². The van der Waals surface area contributed by atoms with E-state index in [-0.39, 0.29) is 0 Å². The lowest BCUT2D eigenvalue weighted by molar-refractivity contribution is 0.0974. The van der Waals surface area contributed by atoms with Crippen LogP contribution in [0.5, 0.6) is 0 Å². The summed E-state index contributed by atoms with van der Waals surface area (Å²) in [4.78, 5) is 18.3. The number of likely N-dealkylation sites (tertiary alicyclic amines) is 1. The van der Waals surface area contributed by atoms with Gasteiger partial charge in [-0.2, -0.15) is 0 Å². The van der Waals surface area contributed by atoms with Crippen LogP contribution in [0.1, 0.15) is 75.8 Å². The third-order valence-electron chi connectivity index (χ3n) is 10.0. The van der Waals surface area contributed by atoms with Gasteiger partial charge in [0.15, 0.2) is 5.78 Å². The minimum Gasteiger partial charge on any atom is -0.381 e. The zero-order valence-electron chi connectivity index (χ0n) is 27.3. The maximum atomic E-state index is 13.2. The Balaban J connectivity index is 0.952. The van der Waals surface area contributed by atoms with Crippen LogP contribution in [0.25, 0.3) is 0 Å². The summed E-state index contributed by atoms with van der Waals surface area (Å²) in [5.41, 5.74) is 9.99. The van der Waals surface area contributed by atoms with Crippen LogP contribution in [-0.2, 0) is 32.5 Å². The molecular formula is C41H48ClN3O. The van der Waals surface area contributed by atoms with Gasteiger partial charge in [0.05, 0.1) is 0 Å². The Morgan fingerprint density at radius 1 is 0.783 bits per heavy atom. The molecule has 0 saturated carbocycles. The highest BCUT2D eigenvalue weighted by molar-refractivity contribution is 6.31. The van der Waals surface area contributed by atoms with E-state index in [4.69, 9.17) is 11.6 Å². The molecule has 0 atom stereocenters. The van der Waals surface area contributed by atoms with Crippen LogP contribution in [0, 0.1) is 12.8 Å². The summed E-state index contributed by atoms with van der Waals surface area (Å²) in [7, 11) is 0. The van der Waals surface area contributed by atoms with Gasteiger partial charge in [-0.05, 0) is 110 Å². The van der Waals surface area contributed by atoms with E-state index < -0.39 is 0 Å². The van der Waals surface area contributed by atoms with Gasteiger partial charge in [-0.25, -0.2) is 0 Å². The fraction of sp³-hybridized carbons (Fsp3) is 0.390. The van der Waals surface area contributed by atoms with E-state index in [0.717, 1.165) is 88.0 Å². The number of nitrogens with zero attached hydrogens (tertiary/aromatic N) is 2. The average Bonchev–Trinajstić information content (AvgIpc) is 3.28. The van der Waals surface area contributed by atoms with E-state index in [2.05, 4.69) is 101 Å². The highest BCUT2D eigenvalue weighted by Gasteiger charge is 2.21. The highest BCUT2D eigenvalue weighted by atomic mass is 35.5. The molecule has 240 valence electrons. The number of benzene rings is 4. The second-order valence-electron chi connectivity index (χ2n) is 13.4. The van der Waals surface area contributed by atoms with Crippen LogP contribution in [0.15, 0.2) is 91.0 Å². The number of para-hydroxylation sites is 1. The van der Waals surface area contributed by atoms with Gasteiger partial charge in [-0.3, -0.25) is 14.6 Å². The number of Topliss-reactive ketones (excluding diaryl/α,β-unsaturated/α-hetero) is 1. The molecule has 0 bridgehead atoms. The molecule has 4 nitrogen and oxygen atoms in total. The van der Waals surface area contributed by atoms with E-state index in [1.165, 1.54) is 51.9 Å². The van der Waals surface area contributed by atoms with Gasteiger partial charge in [0.1, 0.15) is 0 Å². The predicted octanol–water partition coefficient (Wildman–Crippen LogP) is 9.13. The van der Waals surface area contributed by atoms with Crippen LogP contribution >= 0.6 is 11.6 Å². The molecular weight excluding hydrogens is 586 g/mol. The normalized spacial score (nSPS) is 16.1. The van der Waals surface area contributed by atoms with Crippen molar-refractivity contribution in [3.63, 3.8) is 0 Å². The van der Waals surface area contributed by atoms with Crippen LogP contribution in [0.3, 0.4) is 0 Å². The van der Waals surface area contributed by atoms with E-state index >= 15 is 0 Å². The van der Waals surface area contributed by atoms with E-state index in [9.17, 15) is 4.79 Å². The van der Waals surface area contributed by atoms with Crippen molar-refractivity contribution < 1.29 is 4.79 Å². The highest BCUT2D eigenvalue weighted by Crippen LogP contribution is 2.27. The molecule has 4 aromatic carbocycles. The summed E-state index contributed by atoms with van der Waals surface area (Å²) >= 11 is 6.38. The second-order valence-corrected chi connectivity index (χ2v) is 13.8. The summed E-state index contributed by atoms with van der Waals surface area (Å²) in [6.07, 6.45) is 7.21. The molecule has 2 aliphatic heterocycles. The van der Waals surface area contributed by atoms with Crippen LogP contribution < -0.4 is 5.32 Å².